The number of fused-ring (bicyclic) bond motifs is 1. The van der Waals surface area contributed by atoms with E-state index >= 15 is 0 Å². The largest absolute Gasteiger partial charge is 0.508 e. The lowest BCUT2D eigenvalue weighted by Crippen LogP contribution is -2.02. The summed E-state index contributed by atoms with van der Waals surface area (Å²) in [5.41, 5.74) is 7.96. The summed E-state index contributed by atoms with van der Waals surface area (Å²) < 4.78 is 0. The highest BCUT2D eigenvalue weighted by atomic mass is 16.4. The van der Waals surface area contributed by atoms with Gasteiger partial charge in [0.1, 0.15) is 5.75 Å². The summed E-state index contributed by atoms with van der Waals surface area (Å²) in [6.07, 6.45) is 2.67. The van der Waals surface area contributed by atoms with Crippen molar-refractivity contribution < 1.29 is 15.0 Å². The molecule has 0 unspecified atom stereocenters. The molecule has 0 saturated heterocycles. The Morgan fingerprint density at radius 2 is 1.68 bits per heavy atom. The molecule has 1 aliphatic rings. The van der Waals surface area contributed by atoms with Gasteiger partial charge in [0.15, 0.2) is 0 Å². The summed E-state index contributed by atoms with van der Waals surface area (Å²) >= 11 is 0. The first-order valence-corrected chi connectivity index (χ1v) is 9.50. The number of allylic oxidation sites excluding steroid dienone is 1. The van der Waals surface area contributed by atoms with Gasteiger partial charge >= 0.3 is 5.97 Å². The van der Waals surface area contributed by atoms with E-state index in [9.17, 15) is 15.0 Å². The standard InChI is InChI=1S/C25H22O3/c1-16-10-12-20(26)15-23(16)24-21(17-6-3-2-4-7-17)9-5-8-18-14-19(25(27)28)11-13-22(18)24/h2-4,6-7,10-15,26H,5,8-9H2,1H3,(H,27,28). The average molecular weight is 370 g/mol. The molecule has 0 aromatic heterocycles. The van der Waals surface area contributed by atoms with Crippen molar-refractivity contribution in [3.05, 3.63) is 100 Å². The van der Waals surface area contributed by atoms with Gasteiger partial charge in [0.2, 0.25) is 0 Å². The van der Waals surface area contributed by atoms with Crippen LogP contribution in [0.1, 0.15) is 51.0 Å². The molecule has 0 fully saturated rings. The first-order valence-electron chi connectivity index (χ1n) is 9.50. The summed E-state index contributed by atoms with van der Waals surface area (Å²) in [6.45, 7) is 2.04. The first-order chi connectivity index (χ1) is 13.5. The molecule has 2 N–H and O–H groups in total. The molecule has 3 nitrogen and oxygen atoms in total. The molecule has 1 aliphatic carbocycles. The maximum Gasteiger partial charge on any atom is 0.335 e. The Bertz CT molecular complexity index is 1080. The molecule has 3 aromatic rings. The summed E-state index contributed by atoms with van der Waals surface area (Å²) in [5.74, 6) is -0.678. The van der Waals surface area contributed by atoms with Crippen LogP contribution in [0.25, 0.3) is 11.1 Å². The van der Waals surface area contributed by atoms with Crippen LogP contribution in [-0.4, -0.2) is 16.2 Å². The van der Waals surface area contributed by atoms with Gasteiger partial charge in [-0.1, -0.05) is 42.5 Å². The third kappa shape index (κ3) is 3.31. The average Bonchev–Trinajstić information content (AvgIpc) is 2.89. The van der Waals surface area contributed by atoms with Crippen molar-refractivity contribution in [1.82, 2.24) is 0 Å². The molecule has 4 rings (SSSR count). The van der Waals surface area contributed by atoms with Gasteiger partial charge in [0, 0.05) is 0 Å². The highest BCUT2D eigenvalue weighted by Crippen LogP contribution is 2.41. The van der Waals surface area contributed by atoms with Crippen molar-refractivity contribution in [2.24, 2.45) is 0 Å². The van der Waals surface area contributed by atoms with Crippen LogP contribution in [0.3, 0.4) is 0 Å². The van der Waals surface area contributed by atoms with E-state index in [4.69, 9.17) is 0 Å². The Hall–Kier alpha value is -3.33. The number of rotatable bonds is 3. The summed E-state index contributed by atoms with van der Waals surface area (Å²) in [7, 11) is 0. The van der Waals surface area contributed by atoms with Gasteiger partial charge in [-0.15, -0.1) is 0 Å². The first kappa shape index (κ1) is 18.1. The van der Waals surface area contributed by atoms with E-state index in [0.717, 1.165) is 52.7 Å². The van der Waals surface area contributed by atoms with E-state index in [1.165, 1.54) is 5.57 Å². The second-order valence-corrected chi connectivity index (χ2v) is 7.25. The molecule has 0 amide bonds. The van der Waals surface area contributed by atoms with Crippen molar-refractivity contribution in [2.75, 3.05) is 0 Å². The predicted octanol–water partition coefficient (Wildman–Crippen LogP) is 5.69. The fourth-order valence-corrected chi connectivity index (χ4v) is 4.04. The summed E-state index contributed by atoms with van der Waals surface area (Å²) in [6, 6.07) is 21.1. The van der Waals surface area contributed by atoms with Gasteiger partial charge in [-0.05, 0) is 89.4 Å². The lowest BCUT2D eigenvalue weighted by atomic mass is 9.85. The maximum atomic E-state index is 11.5. The fraction of sp³-hybridized carbons (Fsp3) is 0.160. The normalized spacial score (nSPS) is 13.8. The maximum absolute atomic E-state index is 11.5. The van der Waals surface area contributed by atoms with Crippen LogP contribution in [0.15, 0.2) is 66.7 Å². The van der Waals surface area contributed by atoms with E-state index in [1.54, 1.807) is 18.2 Å². The number of benzene rings is 3. The molecule has 0 bridgehead atoms. The molecular weight excluding hydrogens is 348 g/mol. The van der Waals surface area contributed by atoms with Gasteiger partial charge in [-0.2, -0.15) is 0 Å². The third-order valence-corrected chi connectivity index (χ3v) is 5.41. The highest BCUT2D eigenvalue weighted by Gasteiger charge is 2.22. The SMILES string of the molecule is Cc1ccc(O)cc1C1=C(c2ccccc2)CCCc2cc(C(=O)O)ccc21. The number of carboxylic acids is 1. The zero-order valence-corrected chi connectivity index (χ0v) is 15.8. The second kappa shape index (κ2) is 7.35. The number of carboxylic acid groups (broad SMARTS) is 1. The molecule has 0 saturated carbocycles. The number of aromatic hydroxyl groups is 1. The molecule has 140 valence electrons. The zero-order chi connectivity index (χ0) is 19.7. The molecular formula is C25H22O3. The Morgan fingerprint density at radius 1 is 0.893 bits per heavy atom. The fourth-order valence-electron chi connectivity index (χ4n) is 4.04. The molecule has 3 heteroatoms. The van der Waals surface area contributed by atoms with E-state index < -0.39 is 5.97 Å². The molecule has 0 aliphatic heterocycles. The minimum absolute atomic E-state index is 0.230. The highest BCUT2D eigenvalue weighted by molar-refractivity contribution is 6.01. The minimum atomic E-state index is -0.908. The molecule has 28 heavy (non-hydrogen) atoms. The van der Waals surface area contributed by atoms with Gasteiger partial charge in [0.05, 0.1) is 5.56 Å². The smallest absolute Gasteiger partial charge is 0.335 e. The van der Waals surface area contributed by atoms with Crippen LogP contribution in [0.4, 0.5) is 0 Å². The number of aromatic carboxylic acids is 1. The number of carbonyl (C=O) groups is 1. The lowest BCUT2D eigenvalue weighted by Gasteiger charge is -2.19. The van der Waals surface area contributed by atoms with Crippen LogP contribution in [-0.2, 0) is 6.42 Å². The van der Waals surface area contributed by atoms with Crippen LogP contribution in [0.2, 0.25) is 0 Å². The van der Waals surface area contributed by atoms with E-state index in [2.05, 4.69) is 12.1 Å². The zero-order valence-electron chi connectivity index (χ0n) is 15.8. The Kier molecular flexibility index (Phi) is 4.74. The molecule has 0 radical (unpaired) electrons. The topological polar surface area (TPSA) is 57.5 Å². The quantitative estimate of drug-likeness (QED) is 0.622. The predicted molar refractivity (Wildman–Crippen MR) is 112 cm³/mol. The van der Waals surface area contributed by atoms with Crippen LogP contribution >= 0.6 is 0 Å². The third-order valence-electron chi connectivity index (χ3n) is 5.41. The number of phenols is 1. The van der Waals surface area contributed by atoms with Crippen molar-refractivity contribution in [1.29, 1.82) is 0 Å². The molecule has 3 aromatic carbocycles. The summed E-state index contributed by atoms with van der Waals surface area (Å²) in [4.78, 5) is 11.5. The molecule has 0 spiro atoms. The number of hydrogen-bond acceptors (Lipinski definition) is 2. The van der Waals surface area contributed by atoms with Gasteiger partial charge < -0.3 is 10.2 Å². The summed E-state index contributed by atoms with van der Waals surface area (Å²) in [5, 5.41) is 19.6. The van der Waals surface area contributed by atoms with E-state index in [-0.39, 0.29) is 5.75 Å². The Labute approximate surface area is 164 Å². The van der Waals surface area contributed by atoms with Crippen LogP contribution < -0.4 is 0 Å². The van der Waals surface area contributed by atoms with Crippen molar-refractivity contribution in [2.45, 2.75) is 26.2 Å². The molecule has 0 atom stereocenters. The number of phenolic OH excluding ortho intramolecular Hbond substituents is 1. The van der Waals surface area contributed by atoms with Crippen molar-refractivity contribution >= 4 is 17.1 Å². The van der Waals surface area contributed by atoms with Gasteiger partial charge in [-0.3, -0.25) is 0 Å². The van der Waals surface area contributed by atoms with Crippen molar-refractivity contribution in [3.8, 4) is 5.75 Å². The van der Waals surface area contributed by atoms with E-state index in [1.807, 2.05) is 43.3 Å². The minimum Gasteiger partial charge on any atom is -0.508 e. The molecule has 0 heterocycles. The van der Waals surface area contributed by atoms with Gasteiger partial charge in [-0.25, -0.2) is 4.79 Å². The van der Waals surface area contributed by atoms with Gasteiger partial charge in [0.25, 0.3) is 0 Å². The Morgan fingerprint density at radius 3 is 2.43 bits per heavy atom. The van der Waals surface area contributed by atoms with Crippen molar-refractivity contribution in [3.63, 3.8) is 0 Å². The Balaban J connectivity index is 2.04. The second-order valence-electron chi connectivity index (χ2n) is 7.25. The lowest BCUT2D eigenvalue weighted by molar-refractivity contribution is 0.0696. The van der Waals surface area contributed by atoms with E-state index in [0.29, 0.717) is 5.56 Å². The number of aryl methyl sites for hydroxylation is 2. The monoisotopic (exact) mass is 370 g/mol. The number of hydrogen-bond donors (Lipinski definition) is 2. The van der Waals surface area contributed by atoms with Crippen LogP contribution in [0, 0.1) is 6.92 Å². The van der Waals surface area contributed by atoms with Crippen LogP contribution in [0.5, 0.6) is 5.75 Å².